The molecule has 1 aromatic heterocycles. The van der Waals surface area contributed by atoms with E-state index >= 15 is 0 Å². The maximum atomic E-state index is 9.48. The highest BCUT2D eigenvalue weighted by Gasteiger charge is 2.28. The van der Waals surface area contributed by atoms with Crippen LogP contribution in [-0.4, -0.2) is 27.9 Å². The van der Waals surface area contributed by atoms with Crippen LogP contribution in [0.3, 0.4) is 0 Å². The van der Waals surface area contributed by atoms with E-state index in [1.807, 2.05) is 24.3 Å². The van der Waals surface area contributed by atoms with Crippen molar-refractivity contribution in [1.82, 2.24) is 15.5 Å². The third-order valence-corrected chi connectivity index (χ3v) is 3.30. The molecule has 0 bridgehead atoms. The molecule has 0 aliphatic carbocycles. The Morgan fingerprint density at radius 2 is 2.16 bits per heavy atom. The molecule has 1 saturated heterocycles. The van der Waals surface area contributed by atoms with Crippen molar-refractivity contribution in [3.8, 4) is 11.4 Å². The topological polar surface area (TPSA) is 97.2 Å². The number of nitrogens with two attached hydrogens (primary N) is 1. The molecule has 6 heteroatoms. The van der Waals surface area contributed by atoms with Gasteiger partial charge in [0.1, 0.15) is 0 Å². The van der Waals surface area contributed by atoms with Gasteiger partial charge in [-0.1, -0.05) is 29.4 Å². The maximum Gasteiger partial charge on any atom is 0.244 e. The number of rotatable bonds is 3. The number of aromatic nitrogens is 2. The number of hydrogen-bond donors (Lipinski definition) is 3. The molecule has 0 amide bonds. The molecule has 1 aliphatic rings. The van der Waals surface area contributed by atoms with Crippen LogP contribution in [-0.2, 0) is 6.54 Å². The SMILES string of the molecule is NCc1ccc(-c2noc([C@H]3C[C@@H](O)CN3)n2)cc1. The van der Waals surface area contributed by atoms with Gasteiger partial charge in [0, 0.05) is 18.7 Å². The predicted molar refractivity (Wildman–Crippen MR) is 69.0 cm³/mol. The molecule has 0 spiro atoms. The highest BCUT2D eigenvalue weighted by Crippen LogP contribution is 2.24. The standard InChI is InChI=1S/C13H16N4O2/c14-6-8-1-3-9(4-2-8)12-16-13(19-17-12)11-5-10(18)7-15-11/h1-4,10-11,15,18H,5-7,14H2/t10-,11-/m1/s1. The van der Waals surface area contributed by atoms with Crippen LogP contribution in [0.25, 0.3) is 11.4 Å². The van der Waals surface area contributed by atoms with Gasteiger partial charge in [0.15, 0.2) is 0 Å². The van der Waals surface area contributed by atoms with Gasteiger partial charge in [-0.25, -0.2) is 0 Å². The van der Waals surface area contributed by atoms with Gasteiger partial charge in [0.05, 0.1) is 12.1 Å². The van der Waals surface area contributed by atoms with Crippen LogP contribution >= 0.6 is 0 Å². The van der Waals surface area contributed by atoms with Crippen molar-refractivity contribution in [3.05, 3.63) is 35.7 Å². The molecule has 19 heavy (non-hydrogen) atoms. The number of β-amino-alcohol motifs (C(OH)–C–C–N with tert-alkyl or cyclic N) is 1. The van der Waals surface area contributed by atoms with Gasteiger partial charge < -0.3 is 20.7 Å². The molecule has 2 atom stereocenters. The smallest absolute Gasteiger partial charge is 0.244 e. The monoisotopic (exact) mass is 260 g/mol. The Morgan fingerprint density at radius 1 is 1.37 bits per heavy atom. The number of hydrogen-bond acceptors (Lipinski definition) is 6. The van der Waals surface area contributed by atoms with Crippen molar-refractivity contribution in [1.29, 1.82) is 0 Å². The minimum Gasteiger partial charge on any atom is -0.392 e. The average molecular weight is 260 g/mol. The van der Waals surface area contributed by atoms with E-state index in [4.69, 9.17) is 10.3 Å². The van der Waals surface area contributed by atoms with Crippen LogP contribution in [0.15, 0.2) is 28.8 Å². The summed E-state index contributed by atoms with van der Waals surface area (Å²) in [4.78, 5) is 4.37. The van der Waals surface area contributed by atoms with E-state index in [1.54, 1.807) is 0 Å². The van der Waals surface area contributed by atoms with Gasteiger partial charge in [-0.15, -0.1) is 0 Å². The first kappa shape index (κ1) is 12.3. The fourth-order valence-electron chi connectivity index (χ4n) is 2.19. The minimum absolute atomic E-state index is 0.0560. The van der Waals surface area contributed by atoms with Gasteiger partial charge >= 0.3 is 0 Å². The second-order valence-corrected chi connectivity index (χ2v) is 4.71. The van der Waals surface area contributed by atoms with Crippen LogP contribution in [0.4, 0.5) is 0 Å². The van der Waals surface area contributed by atoms with Gasteiger partial charge in [0.2, 0.25) is 11.7 Å². The van der Waals surface area contributed by atoms with Crippen LogP contribution in [0.2, 0.25) is 0 Å². The summed E-state index contributed by atoms with van der Waals surface area (Å²) in [7, 11) is 0. The fourth-order valence-corrected chi connectivity index (χ4v) is 2.19. The van der Waals surface area contributed by atoms with Gasteiger partial charge in [-0.2, -0.15) is 4.98 Å². The summed E-state index contributed by atoms with van der Waals surface area (Å²) >= 11 is 0. The summed E-state index contributed by atoms with van der Waals surface area (Å²) in [5, 5.41) is 16.6. The molecule has 1 aliphatic heterocycles. The summed E-state index contributed by atoms with van der Waals surface area (Å²) in [5.74, 6) is 1.08. The molecule has 4 N–H and O–H groups in total. The molecule has 0 saturated carbocycles. The molecule has 0 unspecified atom stereocenters. The van der Waals surface area contributed by atoms with Gasteiger partial charge in [0.25, 0.3) is 0 Å². The zero-order valence-corrected chi connectivity index (χ0v) is 10.4. The van der Waals surface area contributed by atoms with Crippen molar-refractivity contribution in [2.45, 2.75) is 25.1 Å². The zero-order chi connectivity index (χ0) is 13.2. The largest absolute Gasteiger partial charge is 0.392 e. The van der Waals surface area contributed by atoms with E-state index < -0.39 is 0 Å². The van der Waals surface area contributed by atoms with Crippen LogP contribution in [0, 0.1) is 0 Å². The summed E-state index contributed by atoms with van der Waals surface area (Å²) in [5.41, 5.74) is 7.51. The molecule has 0 radical (unpaired) electrons. The highest BCUT2D eigenvalue weighted by molar-refractivity contribution is 5.54. The van der Waals surface area contributed by atoms with E-state index in [0.717, 1.165) is 11.1 Å². The molecular formula is C13H16N4O2. The summed E-state index contributed by atoms with van der Waals surface area (Å²) in [6.07, 6.45) is 0.262. The minimum atomic E-state index is -0.343. The first-order valence-electron chi connectivity index (χ1n) is 6.30. The molecule has 1 aromatic carbocycles. The third-order valence-electron chi connectivity index (χ3n) is 3.30. The van der Waals surface area contributed by atoms with Crippen molar-refractivity contribution < 1.29 is 9.63 Å². The Morgan fingerprint density at radius 3 is 2.79 bits per heavy atom. The third kappa shape index (κ3) is 2.51. The summed E-state index contributed by atoms with van der Waals surface area (Å²) < 4.78 is 5.25. The second kappa shape index (κ2) is 5.08. The number of nitrogens with one attached hydrogen (secondary N) is 1. The zero-order valence-electron chi connectivity index (χ0n) is 10.4. The van der Waals surface area contributed by atoms with Crippen molar-refractivity contribution >= 4 is 0 Å². The Labute approximate surface area is 110 Å². The van der Waals surface area contributed by atoms with E-state index in [-0.39, 0.29) is 12.1 Å². The van der Waals surface area contributed by atoms with Crippen molar-refractivity contribution in [2.75, 3.05) is 6.54 Å². The number of nitrogens with zero attached hydrogens (tertiary/aromatic N) is 2. The Bertz CT molecular complexity index is 552. The van der Waals surface area contributed by atoms with E-state index in [1.165, 1.54) is 0 Å². The fraction of sp³-hybridized carbons (Fsp3) is 0.385. The number of benzene rings is 1. The lowest BCUT2D eigenvalue weighted by atomic mass is 10.1. The normalized spacial score (nSPS) is 22.8. The summed E-state index contributed by atoms with van der Waals surface area (Å²) in [6, 6.07) is 7.69. The summed E-state index contributed by atoms with van der Waals surface area (Å²) in [6.45, 7) is 1.08. The van der Waals surface area contributed by atoms with Crippen LogP contribution in [0.5, 0.6) is 0 Å². The number of aliphatic hydroxyl groups excluding tert-OH is 1. The van der Waals surface area contributed by atoms with E-state index in [2.05, 4.69) is 15.5 Å². The highest BCUT2D eigenvalue weighted by atomic mass is 16.5. The quantitative estimate of drug-likeness (QED) is 0.747. The Kier molecular flexibility index (Phi) is 3.29. The molecule has 2 heterocycles. The lowest BCUT2D eigenvalue weighted by Gasteiger charge is -2.01. The molecule has 6 nitrogen and oxygen atoms in total. The first-order chi connectivity index (χ1) is 9.26. The molecular weight excluding hydrogens is 244 g/mol. The lowest BCUT2D eigenvalue weighted by molar-refractivity contribution is 0.191. The lowest BCUT2D eigenvalue weighted by Crippen LogP contribution is -2.15. The molecule has 3 rings (SSSR count). The van der Waals surface area contributed by atoms with Crippen LogP contribution in [0.1, 0.15) is 23.9 Å². The molecule has 2 aromatic rings. The van der Waals surface area contributed by atoms with Gasteiger partial charge in [-0.3, -0.25) is 0 Å². The van der Waals surface area contributed by atoms with E-state index in [0.29, 0.717) is 31.2 Å². The van der Waals surface area contributed by atoms with Crippen LogP contribution < -0.4 is 11.1 Å². The Hall–Kier alpha value is -1.76. The maximum absolute atomic E-state index is 9.48. The first-order valence-corrected chi connectivity index (χ1v) is 6.30. The molecule has 1 fully saturated rings. The average Bonchev–Trinajstić information content (AvgIpc) is 3.07. The van der Waals surface area contributed by atoms with E-state index in [9.17, 15) is 5.11 Å². The van der Waals surface area contributed by atoms with Crippen molar-refractivity contribution in [2.24, 2.45) is 5.73 Å². The number of aliphatic hydroxyl groups is 1. The van der Waals surface area contributed by atoms with Crippen molar-refractivity contribution in [3.63, 3.8) is 0 Å². The van der Waals surface area contributed by atoms with Gasteiger partial charge in [-0.05, 0) is 12.0 Å². The predicted octanol–water partition coefficient (Wildman–Crippen LogP) is 0.591. The Balaban J connectivity index is 1.80. The second-order valence-electron chi connectivity index (χ2n) is 4.71. The molecule has 100 valence electrons.